The lowest BCUT2D eigenvalue weighted by molar-refractivity contribution is -0.115. The standard InChI is InChI=1S/C27H24N2O2S/c1-18-7-5-10-23(15-18)28-26(30)19(2)32-25-12-6-11-24(17-25)29-27(31)22-14-13-20-8-3-4-9-21(20)16-22/h3-17,19H,1-2H3,(H,28,30)(H,29,31). The van der Waals surface area contributed by atoms with E-state index in [1.165, 1.54) is 11.8 Å². The van der Waals surface area contributed by atoms with Crippen molar-refractivity contribution in [2.24, 2.45) is 0 Å². The van der Waals surface area contributed by atoms with Crippen LogP contribution in [0.15, 0.2) is 95.9 Å². The number of carbonyl (C=O) groups excluding carboxylic acids is 2. The molecule has 0 aliphatic carbocycles. The first-order valence-electron chi connectivity index (χ1n) is 10.4. The number of benzene rings is 4. The van der Waals surface area contributed by atoms with E-state index in [0.717, 1.165) is 26.9 Å². The lowest BCUT2D eigenvalue weighted by Crippen LogP contribution is -2.22. The molecule has 0 spiro atoms. The fourth-order valence-corrected chi connectivity index (χ4v) is 4.33. The second-order valence-electron chi connectivity index (χ2n) is 7.66. The number of anilines is 2. The zero-order chi connectivity index (χ0) is 22.5. The third kappa shape index (κ3) is 5.37. The number of amides is 2. The molecule has 32 heavy (non-hydrogen) atoms. The van der Waals surface area contributed by atoms with Crippen LogP contribution in [0.1, 0.15) is 22.8 Å². The van der Waals surface area contributed by atoms with Crippen LogP contribution < -0.4 is 10.6 Å². The van der Waals surface area contributed by atoms with Crippen molar-refractivity contribution in [2.75, 3.05) is 10.6 Å². The lowest BCUT2D eigenvalue weighted by atomic mass is 10.1. The molecular weight excluding hydrogens is 416 g/mol. The Balaban J connectivity index is 1.41. The van der Waals surface area contributed by atoms with E-state index < -0.39 is 0 Å². The number of aryl methyl sites for hydroxylation is 1. The van der Waals surface area contributed by atoms with Crippen molar-refractivity contribution in [3.63, 3.8) is 0 Å². The van der Waals surface area contributed by atoms with E-state index in [4.69, 9.17) is 0 Å². The van der Waals surface area contributed by atoms with Crippen LogP contribution in [0.25, 0.3) is 10.8 Å². The van der Waals surface area contributed by atoms with Gasteiger partial charge in [-0.05, 0) is 72.6 Å². The van der Waals surface area contributed by atoms with Crippen molar-refractivity contribution in [3.05, 3.63) is 102 Å². The number of carbonyl (C=O) groups is 2. The Morgan fingerprint density at radius 1 is 0.750 bits per heavy atom. The highest BCUT2D eigenvalue weighted by atomic mass is 32.2. The van der Waals surface area contributed by atoms with E-state index in [1.54, 1.807) is 0 Å². The Hall–Kier alpha value is -3.57. The summed E-state index contributed by atoms with van der Waals surface area (Å²) in [4.78, 5) is 26.2. The summed E-state index contributed by atoms with van der Waals surface area (Å²) in [6.45, 7) is 3.86. The number of thioether (sulfide) groups is 1. The normalized spacial score (nSPS) is 11.7. The molecule has 4 nitrogen and oxygen atoms in total. The average Bonchev–Trinajstić information content (AvgIpc) is 2.79. The zero-order valence-electron chi connectivity index (χ0n) is 18.0. The minimum Gasteiger partial charge on any atom is -0.325 e. The first-order chi connectivity index (χ1) is 15.5. The minimum absolute atomic E-state index is 0.0637. The molecule has 0 radical (unpaired) electrons. The van der Waals surface area contributed by atoms with Crippen LogP contribution >= 0.6 is 11.8 Å². The van der Waals surface area contributed by atoms with Gasteiger partial charge in [0.05, 0.1) is 5.25 Å². The molecule has 2 N–H and O–H groups in total. The maximum absolute atomic E-state index is 12.7. The van der Waals surface area contributed by atoms with Crippen LogP contribution in [0.3, 0.4) is 0 Å². The number of nitrogens with one attached hydrogen (secondary N) is 2. The summed E-state index contributed by atoms with van der Waals surface area (Å²) in [7, 11) is 0. The molecule has 4 aromatic rings. The number of hydrogen-bond acceptors (Lipinski definition) is 3. The molecule has 2 amide bonds. The molecule has 0 aromatic heterocycles. The van der Waals surface area contributed by atoms with Crippen molar-refractivity contribution < 1.29 is 9.59 Å². The largest absolute Gasteiger partial charge is 0.325 e. The fourth-order valence-electron chi connectivity index (χ4n) is 3.41. The van der Waals surface area contributed by atoms with Gasteiger partial charge in [0.2, 0.25) is 5.91 Å². The molecule has 1 atom stereocenters. The van der Waals surface area contributed by atoms with Crippen LogP contribution in [0.4, 0.5) is 11.4 Å². The molecule has 0 saturated carbocycles. The van der Waals surface area contributed by atoms with Crippen LogP contribution in [-0.2, 0) is 4.79 Å². The van der Waals surface area contributed by atoms with Gasteiger partial charge in [0.15, 0.2) is 0 Å². The van der Waals surface area contributed by atoms with Crippen molar-refractivity contribution in [1.29, 1.82) is 0 Å². The van der Waals surface area contributed by atoms with Gasteiger partial charge in [-0.1, -0.05) is 48.5 Å². The lowest BCUT2D eigenvalue weighted by Gasteiger charge is -2.13. The van der Waals surface area contributed by atoms with Gasteiger partial charge in [-0.2, -0.15) is 0 Å². The van der Waals surface area contributed by atoms with Gasteiger partial charge in [0.1, 0.15) is 0 Å². The first kappa shape index (κ1) is 21.7. The van der Waals surface area contributed by atoms with Gasteiger partial charge in [0, 0.05) is 21.8 Å². The maximum Gasteiger partial charge on any atom is 0.255 e. The summed E-state index contributed by atoms with van der Waals surface area (Å²) < 4.78 is 0. The molecule has 0 aliphatic heterocycles. The van der Waals surface area contributed by atoms with Crippen LogP contribution in [0.2, 0.25) is 0 Å². The quantitative estimate of drug-likeness (QED) is 0.336. The highest BCUT2D eigenvalue weighted by molar-refractivity contribution is 8.00. The molecule has 5 heteroatoms. The molecular formula is C27H24N2O2S. The Labute approximate surface area is 192 Å². The van der Waals surface area contributed by atoms with Gasteiger partial charge in [0.25, 0.3) is 5.91 Å². The van der Waals surface area contributed by atoms with E-state index >= 15 is 0 Å². The predicted octanol–water partition coefficient (Wildman–Crippen LogP) is 6.52. The Morgan fingerprint density at radius 2 is 1.47 bits per heavy atom. The molecule has 4 rings (SSSR count). The first-order valence-corrected chi connectivity index (χ1v) is 11.3. The molecule has 0 fully saturated rings. The SMILES string of the molecule is Cc1cccc(NC(=O)C(C)Sc2cccc(NC(=O)c3ccc4ccccc4c3)c2)c1. The van der Waals surface area contributed by atoms with Crippen molar-refractivity contribution in [1.82, 2.24) is 0 Å². The molecule has 4 aromatic carbocycles. The van der Waals surface area contributed by atoms with E-state index in [1.807, 2.05) is 105 Å². The van der Waals surface area contributed by atoms with E-state index in [2.05, 4.69) is 10.6 Å². The highest BCUT2D eigenvalue weighted by Crippen LogP contribution is 2.27. The van der Waals surface area contributed by atoms with Crippen molar-refractivity contribution >= 4 is 45.7 Å². The summed E-state index contributed by atoms with van der Waals surface area (Å²) in [5.74, 6) is -0.227. The third-order valence-corrected chi connectivity index (χ3v) is 6.16. The van der Waals surface area contributed by atoms with Crippen LogP contribution in [0.5, 0.6) is 0 Å². The number of rotatable bonds is 6. The Bertz CT molecular complexity index is 1290. The summed E-state index contributed by atoms with van der Waals surface area (Å²) in [5.41, 5.74) is 3.18. The topological polar surface area (TPSA) is 58.2 Å². The molecule has 0 aliphatic rings. The van der Waals surface area contributed by atoms with E-state index in [-0.39, 0.29) is 17.1 Å². The second kappa shape index (κ2) is 9.71. The van der Waals surface area contributed by atoms with Crippen LogP contribution in [0, 0.1) is 6.92 Å². The summed E-state index contributed by atoms with van der Waals surface area (Å²) >= 11 is 1.45. The van der Waals surface area contributed by atoms with Gasteiger partial charge >= 0.3 is 0 Å². The Kier molecular flexibility index (Phi) is 6.57. The molecule has 160 valence electrons. The molecule has 0 bridgehead atoms. The van der Waals surface area contributed by atoms with Gasteiger partial charge in [-0.3, -0.25) is 9.59 Å². The van der Waals surface area contributed by atoms with E-state index in [0.29, 0.717) is 11.3 Å². The Morgan fingerprint density at radius 3 is 2.25 bits per heavy atom. The van der Waals surface area contributed by atoms with Crippen LogP contribution in [-0.4, -0.2) is 17.1 Å². The smallest absolute Gasteiger partial charge is 0.255 e. The van der Waals surface area contributed by atoms with Crippen molar-refractivity contribution in [3.8, 4) is 0 Å². The van der Waals surface area contributed by atoms with Gasteiger partial charge in [-0.25, -0.2) is 0 Å². The molecule has 0 heterocycles. The molecule has 1 unspecified atom stereocenters. The summed E-state index contributed by atoms with van der Waals surface area (Å²) in [6.07, 6.45) is 0. The second-order valence-corrected chi connectivity index (χ2v) is 9.08. The average molecular weight is 441 g/mol. The third-order valence-electron chi connectivity index (χ3n) is 5.07. The number of fused-ring (bicyclic) bond motifs is 1. The minimum atomic E-state index is -0.290. The fraction of sp³-hybridized carbons (Fsp3) is 0.111. The monoisotopic (exact) mass is 440 g/mol. The van der Waals surface area contributed by atoms with Crippen molar-refractivity contribution in [2.45, 2.75) is 24.0 Å². The highest BCUT2D eigenvalue weighted by Gasteiger charge is 2.15. The summed E-state index contributed by atoms with van der Waals surface area (Å²) in [6, 6.07) is 28.9. The zero-order valence-corrected chi connectivity index (χ0v) is 18.8. The summed E-state index contributed by atoms with van der Waals surface area (Å²) in [5, 5.41) is 7.75. The number of hydrogen-bond donors (Lipinski definition) is 2. The van der Waals surface area contributed by atoms with E-state index in [9.17, 15) is 9.59 Å². The molecule has 0 saturated heterocycles. The van der Waals surface area contributed by atoms with Gasteiger partial charge < -0.3 is 10.6 Å². The maximum atomic E-state index is 12.7. The van der Waals surface area contributed by atoms with Gasteiger partial charge in [-0.15, -0.1) is 11.8 Å². The predicted molar refractivity (Wildman–Crippen MR) is 133 cm³/mol.